The molecule has 3 rings (SSSR count). The molecule has 3 aromatic rings. The minimum atomic E-state index is -0.215. The maximum Gasteiger partial charge on any atom is 0.244 e. The summed E-state index contributed by atoms with van der Waals surface area (Å²) in [6.07, 6.45) is 6.50. The van der Waals surface area contributed by atoms with Crippen molar-refractivity contribution in [2.24, 2.45) is 0 Å². The molecule has 0 aliphatic carbocycles. The Balaban J connectivity index is 1.53. The molecule has 2 heterocycles. The predicted molar refractivity (Wildman–Crippen MR) is 117 cm³/mol. The summed E-state index contributed by atoms with van der Waals surface area (Å²) in [6, 6.07) is 12.9. The van der Waals surface area contributed by atoms with Crippen molar-refractivity contribution in [2.75, 3.05) is 13.2 Å². The standard InChI is InChI=1S/C22H19ClN2O3S/c1-15(26)20-7-8-21(29-20)17-5-6-18(23)19(13-17)28-12-11-25-22(27)9-4-16-3-2-10-24-14-16/h2-10,13-14H,11-12H2,1H3,(H,25,27). The molecular formula is C22H19ClN2O3S. The van der Waals surface area contributed by atoms with E-state index < -0.39 is 0 Å². The number of nitrogens with zero attached hydrogens (tertiary/aromatic N) is 1. The number of halogens is 1. The van der Waals surface area contributed by atoms with E-state index in [0.717, 1.165) is 16.0 Å². The number of hydrogen-bond acceptors (Lipinski definition) is 5. The molecule has 0 unspecified atom stereocenters. The van der Waals surface area contributed by atoms with Gasteiger partial charge in [0.2, 0.25) is 5.91 Å². The number of pyridine rings is 1. The molecule has 0 radical (unpaired) electrons. The summed E-state index contributed by atoms with van der Waals surface area (Å²) in [4.78, 5) is 29.0. The van der Waals surface area contributed by atoms with Gasteiger partial charge in [0.15, 0.2) is 5.78 Å². The van der Waals surface area contributed by atoms with Gasteiger partial charge < -0.3 is 10.1 Å². The molecular weight excluding hydrogens is 408 g/mol. The number of rotatable bonds is 8. The van der Waals surface area contributed by atoms with Crippen LogP contribution in [0, 0.1) is 0 Å². The first-order valence-electron chi connectivity index (χ1n) is 8.92. The van der Waals surface area contributed by atoms with Gasteiger partial charge in [0.1, 0.15) is 12.4 Å². The lowest BCUT2D eigenvalue weighted by Gasteiger charge is -2.10. The van der Waals surface area contributed by atoms with Crippen molar-refractivity contribution in [3.63, 3.8) is 0 Å². The van der Waals surface area contributed by atoms with E-state index >= 15 is 0 Å². The fraction of sp³-hybridized carbons (Fsp3) is 0.136. The second-order valence-electron chi connectivity index (χ2n) is 6.12. The summed E-state index contributed by atoms with van der Waals surface area (Å²) in [5.41, 5.74) is 1.77. The van der Waals surface area contributed by atoms with Gasteiger partial charge in [-0.1, -0.05) is 23.7 Å². The highest BCUT2D eigenvalue weighted by atomic mass is 35.5. The second kappa shape index (κ2) is 10.0. The molecule has 1 amide bonds. The molecule has 0 aliphatic heterocycles. The van der Waals surface area contributed by atoms with E-state index in [0.29, 0.717) is 22.2 Å². The SMILES string of the molecule is CC(=O)c1ccc(-c2ccc(Cl)c(OCCNC(=O)C=Cc3cccnc3)c2)s1. The first-order chi connectivity index (χ1) is 14.0. The lowest BCUT2D eigenvalue weighted by molar-refractivity contribution is -0.116. The Labute approximate surface area is 178 Å². The van der Waals surface area contributed by atoms with Crippen LogP contribution in [-0.2, 0) is 4.79 Å². The number of thiophene rings is 1. The number of nitrogens with one attached hydrogen (secondary N) is 1. The summed E-state index contributed by atoms with van der Waals surface area (Å²) >= 11 is 7.65. The third-order valence-electron chi connectivity index (χ3n) is 3.94. The maximum absolute atomic E-state index is 11.9. The number of ketones is 1. The molecule has 5 nitrogen and oxygen atoms in total. The van der Waals surface area contributed by atoms with Crippen molar-refractivity contribution in [2.45, 2.75) is 6.92 Å². The van der Waals surface area contributed by atoms with Crippen LogP contribution in [0.4, 0.5) is 0 Å². The van der Waals surface area contributed by atoms with Crippen molar-refractivity contribution in [1.82, 2.24) is 10.3 Å². The maximum atomic E-state index is 11.9. The Morgan fingerprint density at radius 2 is 2.10 bits per heavy atom. The Bertz CT molecular complexity index is 1030. The van der Waals surface area contributed by atoms with Crippen LogP contribution in [0.2, 0.25) is 5.02 Å². The smallest absolute Gasteiger partial charge is 0.244 e. The molecule has 1 aromatic carbocycles. The zero-order chi connectivity index (χ0) is 20.6. The third kappa shape index (κ3) is 6.01. The third-order valence-corrected chi connectivity index (χ3v) is 5.49. The molecule has 0 atom stereocenters. The van der Waals surface area contributed by atoms with Gasteiger partial charge in [-0.15, -0.1) is 11.3 Å². The average Bonchev–Trinajstić information content (AvgIpc) is 3.22. The van der Waals surface area contributed by atoms with Gasteiger partial charge in [0, 0.05) is 23.3 Å². The molecule has 148 valence electrons. The molecule has 29 heavy (non-hydrogen) atoms. The minimum absolute atomic E-state index is 0.0417. The molecule has 0 fully saturated rings. The number of hydrogen-bond donors (Lipinski definition) is 1. The number of carbonyl (C=O) groups is 2. The highest BCUT2D eigenvalue weighted by Crippen LogP contribution is 2.34. The minimum Gasteiger partial charge on any atom is -0.490 e. The first kappa shape index (κ1) is 20.8. The highest BCUT2D eigenvalue weighted by molar-refractivity contribution is 7.17. The quantitative estimate of drug-likeness (QED) is 0.317. The molecule has 0 saturated carbocycles. The predicted octanol–water partition coefficient (Wildman–Crippen LogP) is 4.87. The van der Waals surface area contributed by atoms with E-state index in [2.05, 4.69) is 10.3 Å². The van der Waals surface area contributed by atoms with Gasteiger partial charge in [-0.25, -0.2) is 0 Å². The van der Waals surface area contributed by atoms with Crippen molar-refractivity contribution < 1.29 is 14.3 Å². The molecule has 0 saturated heterocycles. The fourth-order valence-electron chi connectivity index (χ4n) is 2.49. The van der Waals surface area contributed by atoms with Crippen LogP contribution in [0.3, 0.4) is 0 Å². The molecule has 0 aliphatic rings. The zero-order valence-electron chi connectivity index (χ0n) is 15.7. The van der Waals surface area contributed by atoms with Crippen LogP contribution in [0.25, 0.3) is 16.5 Å². The number of amides is 1. The summed E-state index contributed by atoms with van der Waals surface area (Å²) in [5.74, 6) is 0.356. The number of benzene rings is 1. The second-order valence-corrected chi connectivity index (χ2v) is 7.62. The van der Waals surface area contributed by atoms with E-state index in [4.69, 9.17) is 16.3 Å². The molecule has 1 N–H and O–H groups in total. The summed E-state index contributed by atoms with van der Waals surface area (Å²) in [6.45, 7) is 2.16. The van der Waals surface area contributed by atoms with Gasteiger partial charge in [0.05, 0.1) is 16.4 Å². The van der Waals surface area contributed by atoms with E-state index in [1.54, 1.807) is 37.5 Å². The number of carbonyl (C=O) groups excluding carboxylic acids is 2. The first-order valence-corrected chi connectivity index (χ1v) is 10.1. The zero-order valence-corrected chi connectivity index (χ0v) is 17.3. The van der Waals surface area contributed by atoms with Crippen LogP contribution >= 0.6 is 22.9 Å². The molecule has 0 spiro atoms. The summed E-state index contributed by atoms with van der Waals surface area (Å²) in [5, 5.41) is 3.24. The number of Topliss-reactive ketones (excluding diaryl/α,β-unsaturated/α-hetero) is 1. The van der Waals surface area contributed by atoms with Crippen LogP contribution in [0.5, 0.6) is 5.75 Å². The largest absolute Gasteiger partial charge is 0.490 e. The lowest BCUT2D eigenvalue weighted by atomic mass is 10.2. The topological polar surface area (TPSA) is 68.3 Å². The Hall–Kier alpha value is -2.96. The molecule has 7 heteroatoms. The van der Waals surface area contributed by atoms with Gasteiger partial charge in [0.25, 0.3) is 0 Å². The Morgan fingerprint density at radius 3 is 2.83 bits per heavy atom. The normalized spacial score (nSPS) is 10.8. The monoisotopic (exact) mass is 426 g/mol. The van der Waals surface area contributed by atoms with Crippen molar-refractivity contribution in [3.8, 4) is 16.2 Å². The van der Waals surface area contributed by atoms with Crippen LogP contribution in [0.1, 0.15) is 22.2 Å². The van der Waals surface area contributed by atoms with Crippen LogP contribution in [0.15, 0.2) is 60.9 Å². The van der Waals surface area contributed by atoms with Gasteiger partial charge >= 0.3 is 0 Å². The summed E-state index contributed by atoms with van der Waals surface area (Å²) in [7, 11) is 0. The summed E-state index contributed by atoms with van der Waals surface area (Å²) < 4.78 is 5.72. The van der Waals surface area contributed by atoms with Crippen molar-refractivity contribution in [3.05, 3.63) is 76.4 Å². The fourth-order valence-corrected chi connectivity index (χ4v) is 3.56. The van der Waals surface area contributed by atoms with E-state index in [9.17, 15) is 9.59 Å². The van der Waals surface area contributed by atoms with E-state index in [1.807, 2.05) is 30.3 Å². The lowest BCUT2D eigenvalue weighted by Crippen LogP contribution is -2.26. The molecule has 0 bridgehead atoms. The average molecular weight is 427 g/mol. The number of ether oxygens (including phenoxy) is 1. The van der Waals surface area contributed by atoms with Crippen molar-refractivity contribution in [1.29, 1.82) is 0 Å². The highest BCUT2D eigenvalue weighted by Gasteiger charge is 2.09. The van der Waals surface area contributed by atoms with E-state index in [1.165, 1.54) is 17.4 Å². The Morgan fingerprint density at radius 1 is 1.24 bits per heavy atom. The van der Waals surface area contributed by atoms with E-state index in [-0.39, 0.29) is 18.3 Å². The van der Waals surface area contributed by atoms with Crippen LogP contribution in [-0.4, -0.2) is 29.8 Å². The Kier molecular flexibility index (Phi) is 7.16. The van der Waals surface area contributed by atoms with Gasteiger partial charge in [-0.05, 0) is 54.5 Å². The van der Waals surface area contributed by atoms with Gasteiger partial charge in [-0.2, -0.15) is 0 Å². The van der Waals surface area contributed by atoms with Gasteiger partial charge in [-0.3, -0.25) is 14.6 Å². The van der Waals surface area contributed by atoms with Crippen LogP contribution < -0.4 is 10.1 Å². The number of aromatic nitrogens is 1. The van der Waals surface area contributed by atoms with Crippen molar-refractivity contribution >= 4 is 40.7 Å². The molecule has 2 aromatic heterocycles.